The molecule has 2 rings (SSSR count). The molecule has 0 saturated carbocycles. The first kappa shape index (κ1) is 20.8. The van der Waals surface area contributed by atoms with Crippen molar-refractivity contribution >= 4 is 34.4 Å². The average molecular weight is 396 g/mol. The number of aliphatic carboxylic acids is 1. The summed E-state index contributed by atoms with van der Waals surface area (Å²) in [6, 6.07) is 1.79. The number of phenols is 1. The van der Waals surface area contributed by atoms with Gasteiger partial charge in [0.1, 0.15) is 17.4 Å². The number of hydrogen-bond donors (Lipinski definition) is 3. The Bertz CT molecular complexity index is 936. The third kappa shape index (κ3) is 4.60. The molecule has 1 aromatic carbocycles. The number of carbonyl (C=O) groups is 2. The second-order valence-corrected chi connectivity index (χ2v) is 6.97. The van der Waals surface area contributed by atoms with E-state index in [2.05, 4.69) is 5.32 Å². The molecule has 0 fully saturated rings. The van der Waals surface area contributed by atoms with Gasteiger partial charge in [0.2, 0.25) is 5.91 Å². The summed E-state index contributed by atoms with van der Waals surface area (Å²) in [4.78, 5) is 35.7. The summed E-state index contributed by atoms with van der Waals surface area (Å²) in [5, 5.41) is 22.1. The fraction of sp³-hybridized carbons (Fsp3) is 0.421. The Morgan fingerprint density at radius 2 is 2.00 bits per heavy atom. The van der Waals surface area contributed by atoms with Crippen LogP contribution in [-0.2, 0) is 16.0 Å². The van der Waals surface area contributed by atoms with Crippen LogP contribution >= 0.6 is 11.6 Å². The molecular weight excluding hydrogens is 374 g/mol. The lowest BCUT2D eigenvalue weighted by Crippen LogP contribution is -2.45. The smallest absolute Gasteiger partial charge is 0.339 e. The van der Waals surface area contributed by atoms with Gasteiger partial charge in [-0.3, -0.25) is 4.79 Å². The number of hydrogen-bond acceptors (Lipinski definition) is 5. The Labute approximate surface area is 160 Å². The lowest BCUT2D eigenvalue weighted by molar-refractivity contribution is -0.143. The predicted molar refractivity (Wildman–Crippen MR) is 101 cm³/mol. The summed E-state index contributed by atoms with van der Waals surface area (Å²) in [6.45, 7) is 5.30. The Morgan fingerprint density at radius 3 is 2.59 bits per heavy atom. The van der Waals surface area contributed by atoms with Crippen LogP contribution in [0.4, 0.5) is 0 Å². The highest BCUT2D eigenvalue weighted by molar-refractivity contribution is 6.32. The Hall–Kier alpha value is -2.54. The summed E-state index contributed by atoms with van der Waals surface area (Å²) < 4.78 is 5.22. The maximum absolute atomic E-state index is 12.2. The number of halogens is 1. The van der Waals surface area contributed by atoms with Gasteiger partial charge in [-0.25, -0.2) is 9.59 Å². The number of nitrogens with one attached hydrogen (secondary N) is 1. The first-order chi connectivity index (χ1) is 12.6. The number of benzene rings is 1. The van der Waals surface area contributed by atoms with E-state index in [1.54, 1.807) is 13.8 Å². The van der Waals surface area contributed by atoms with Crippen molar-refractivity contribution in [3.63, 3.8) is 0 Å². The highest BCUT2D eigenvalue weighted by atomic mass is 35.5. The van der Waals surface area contributed by atoms with E-state index in [9.17, 15) is 24.6 Å². The summed E-state index contributed by atoms with van der Waals surface area (Å²) >= 11 is 5.92. The number of aromatic hydroxyl groups is 1. The van der Waals surface area contributed by atoms with Gasteiger partial charge in [0.15, 0.2) is 0 Å². The van der Waals surface area contributed by atoms with E-state index in [1.165, 1.54) is 12.1 Å². The van der Waals surface area contributed by atoms with Crippen molar-refractivity contribution in [1.82, 2.24) is 5.32 Å². The molecule has 3 N–H and O–H groups in total. The van der Waals surface area contributed by atoms with Crippen LogP contribution in [0.1, 0.15) is 37.8 Å². The van der Waals surface area contributed by atoms with Crippen LogP contribution in [0.5, 0.6) is 5.75 Å². The molecule has 2 aromatic rings. The predicted octanol–water partition coefficient (Wildman–Crippen LogP) is 3.01. The Morgan fingerprint density at radius 1 is 1.33 bits per heavy atom. The number of fused-ring (bicyclic) bond motifs is 1. The fourth-order valence-electron chi connectivity index (χ4n) is 2.85. The third-order valence-corrected chi connectivity index (χ3v) is 5.06. The third-order valence-electron chi connectivity index (χ3n) is 4.75. The number of carboxylic acid groups (broad SMARTS) is 1. The molecule has 1 aromatic heterocycles. The van der Waals surface area contributed by atoms with Gasteiger partial charge in [0.05, 0.1) is 5.02 Å². The molecule has 2 atom stereocenters. The normalized spacial score (nSPS) is 13.3. The molecule has 146 valence electrons. The minimum atomic E-state index is -1.09. The number of rotatable bonds is 7. The average Bonchev–Trinajstić information content (AvgIpc) is 2.60. The zero-order valence-corrected chi connectivity index (χ0v) is 16.1. The fourth-order valence-corrected chi connectivity index (χ4v) is 3.02. The van der Waals surface area contributed by atoms with E-state index in [0.717, 1.165) is 0 Å². The molecule has 0 radical (unpaired) electrons. The highest BCUT2D eigenvalue weighted by Crippen LogP contribution is 2.30. The first-order valence-electron chi connectivity index (χ1n) is 8.62. The molecule has 7 nitrogen and oxygen atoms in total. The summed E-state index contributed by atoms with van der Waals surface area (Å²) in [5.41, 5.74) is 0.518. The largest absolute Gasteiger partial charge is 0.506 e. The second-order valence-electron chi connectivity index (χ2n) is 6.56. The van der Waals surface area contributed by atoms with Crippen LogP contribution in [0.3, 0.4) is 0 Å². The highest BCUT2D eigenvalue weighted by Gasteiger charge is 2.25. The van der Waals surface area contributed by atoms with E-state index < -0.39 is 23.5 Å². The topological polar surface area (TPSA) is 117 Å². The molecule has 8 heteroatoms. The van der Waals surface area contributed by atoms with Gasteiger partial charge in [-0.15, -0.1) is 0 Å². The van der Waals surface area contributed by atoms with Crippen LogP contribution in [0.2, 0.25) is 5.02 Å². The van der Waals surface area contributed by atoms with Crippen molar-refractivity contribution in [3.05, 3.63) is 38.7 Å². The van der Waals surface area contributed by atoms with Crippen LogP contribution in [0.25, 0.3) is 11.0 Å². The zero-order chi connectivity index (χ0) is 20.3. The van der Waals surface area contributed by atoms with Gasteiger partial charge in [0.25, 0.3) is 0 Å². The van der Waals surface area contributed by atoms with Crippen LogP contribution in [0, 0.1) is 12.8 Å². The monoisotopic (exact) mass is 395 g/mol. The van der Waals surface area contributed by atoms with Gasteiger partial charge in [-0.2, -0.15) is 0 Å². The molecular formula is C19H22ClNO6. The van der Waals surface area contributed by atoms with Crippen molar-refractivity contribution in [1.29, 1.82) is 0 Å². The molecule has 27 heavy (non-hydrogen) atoms. The first-order valence-corrected chi connectivity index (χ1v) is 9.00. The minimum absolute atomic E-state index is 0.0524. The molecule has 0 unspecified atom stereocenters. The van der Waals surface area contributed by atoms with E-state index in [-0.39, 0.29) is 35.1 Å². The molecule has 0 saturated heterocycles. The maximum Gasteiger partial charge on any atom is 0.339 e. The summed E-state index contributed by atoms with van der Waals surface area (Å²) in [7, 11) is 0. The minimum Gasteiger partial charge on any atom is -0.506 e. The van der Waals surface area contributed by atoms with Crippen molar-refractivity contribution in [2.75, 3.05) is 0 Å². The van der Waals surface area contributed by atoms with Crippen LogP contribution in [0.15, 0.2) is 21.3 Å². The van der Waals surface area contributed by atoms with Gasteiger partial charge >= 0.3 is 11.6 Å². The number of carboxylic acids is 1. The molecule has 1 heterocycles. The lowest BCUT2D eigenvalue weighted by atomic mass is 9.98. The Balaban J connectivity index is 2.21. The van der Waals surface area contributed by atoms with Crippen LogP contribution in [-0.4, -0.2) is 28.1 Å². The quantitative estimate of drug-likeness (QED) is 0.620. The summed E-state index contributed by atoms with van der Waals surface area (Å²) in [6.07, 6.45) is 0.655. The van der Waals surface area contributed by atoms with E-state index in [0.29, 0.717) is 22.9 Å². The van der Waals surface area contributed by atoms with E-state index in [1.807, 2.05) is 6.92 Å². The standard InChI is InChI=1S/C19H22ClNO6/c1-4-9(2)17(18(24)25)21-16(23)6-5-11-10(3)12-7-13(20)14(22)8-15(12)27-19(11)26/h7-9,17,22H,4-6H2,1-3H3,(H,21,23)(H,24,25)/t9-,17-/m0/s1. The summed E-state index contributed by atoms with van der Waals surface area (Å²) in [5.74, 6) is -1.95. The van der Waals surface area contributed by atoms with Gasteiger partial charge in [-0.05, 0) is 30.9 Å². The molecule has 0 aliphatic heterocycles. The van der Waals surface area contributed by atoms with Gasteiger partial charge in [0, 0.05) is 23.4 Å². The molecule has 0 aliphatic rings. The molecule has 0 aliphatic carbocycles. The second kappa shape index (κ2) is 8.43. The lowest BCUT2D eigenvalue weighted by Gasteiger charge is -2.20. The number of carbonyl (C=O) groups excluding carboxylic acids is 1. The van der Waals surface area contributed by atoms with Crippen LogP contribution < -0.4 is 10.9 Å². The van der Waals surface area contributed by atoms with Crippen molar-refractivity contribution in [2.24, 2.45) is 5.92 Å². The molecule has 0 bridgehead atoms. The van der Waals surface area contributed by atoms with Gasteiger partial charge < -0.3 is 19.9 Å². The van der Waals surface area contributed by atoms with Crippen molar-refractivity contribution in [2.45, 2.75) is 46.1 Å². The van der Waals surface area contributed by atoms with Crippen molar-refractivity contribution in [3.8, 4) is 5.75 Å². The van der Waals surface area contributed by atoms with E-state index >= 15 is 0 Å². The number of aryl methyl sites for hydroxylation is 1. The molecule has 1 amide bonds. The van der Waals surface area contributed by atoms with E-state index in [4.69, 9.17) is 16.0 Å². The Kier molecular flexibility index (Phi) is 6.49. The van der Waals surface area contributed by atoms with Crippen molar-refractivity contribution < 1.29 is 24.2 Å². The maximum atomic E-state index is 12.2. The number of phenolic OH excluding ortho intramolecular Hbond substituents is 1. The van der Waals surface area contributed by atoms with Gasteiger partial charge in [-0.1, -0.05) is 31.9 Å². The SMILES string of the molecule is CC[C@H](C)[C@H](NC(=O)CCc1c(C)c2cc(Cl)c(O)cc2oc1=O)C(=O)O. The molecule has 0 spiro atoms. The zero-order valence-electron chi connectivity index (χ0n) is 15.3. The number of amides is 1.